The van der Waals surface area contributed by atoms with Gasteiger partial charge in [-0.25, -0.2) is 9.59 Å². The lowest BCUT2D eigenvalue weighted by molar-refractivity contribution is -0.141. The Morgan fingerprint density at radius 2 is 1.85 bits per heavy atom. The zero-order valence-corrected chi connectivity index (χ0v) is 20.6. The van der Waals surface area contributed by atoms with E-state index in [0.717, 1.165) is 29.0 Å². The number of hydrogen-bond acceptors (Lipinski definition) is 5. The minimum absolute atomic E-state index is 0.209. The molecule has 3 aromatic rings. The topological polar surface area (TPSA) is 65.7 Å². The number of benzene rings is 2. The van der Waals surface area contributed by atoms with Gasteiger partial charge in [0.1, 0.15) is 11.3 Å². The fourth-order valence-corrected chi connectivity index (χ4v) is 3.78. The summed E-state index contributed by atoms with van der Waals surface area (Å²) in [6, 6.07) is 13.6. The molecule has 180 valence electrons. The summed E-state index contributed by atoms with van der Waals surface area (Å²) >= 11 is 0. The lowest BCUT2D eigenvalue weighted by atomic mass is 9.96. The predicted octanol–water partition coefficient (Wildman–Crippen LogP) is 6.64. The van der Waals surface area contributed by atoms with Crippen molar-refractivity contribution in [2.45, 2.75) is 53.4 Å². The molecular weight excluding hydrogens is 428 g/mol. The number of unbranched alkanes of at least 4 members (excludes halogenated alkanes) is 2. The summed E-state index contributed by atoms with van der Waals surface area (Å²) < 4.78 is 16.7. The number of esters is 1. The summed E-state index contributed by atoms with van der Waals surface area (Å²) in [6.45, 7) is 12.0. The van der Waals surface area contributed by atoms with E-state index in [1.807, 2.05) is 45.0 Å². The van der Waals surface area contributed by atoms with Crippen LogP contribution in [0.15, 0.2) is 64.3 Å². The van der Waals surface area contributed by atoms with Gasteiger partial charge in [0, 0.05) is 22.9 Å². The van der Waals surface area contributed by atoms with Crippen molar-refractivity contribution in [1.82, 2.24) is 0 Å². The zero-order chi connectivity index (χ0) is 24.7. The Labute approximate surface area is 201 Å². The Bertz CT molecular complexity index is 1220. The minimum Gasteiger partial charge on any atom is -0.493 e. The van der Waals surface area contributed by atoms with E-state index in [2.05, 4.69) is 25.6 Å². The van der Waals surface area contributed by atoms with Gasteiger partial charge in [0.2, 0.25) is 0 Å². The number of ether oxygens (including phenoxy) is 2. The molecule has 0 N–H and O–H groups in total. The molecule has 2 aromatic carbocycles. The van der Waals surface area contributed by atoms with Crippen LogP contribution < -0.4 is 10.4 Å². The van der Waals surface area contributed by atoms with Gasteiger partial charge in [-0.15, -0.1) is 0 Å². The van der Waals surface area contributed by atoms with Gasteiger partial charge in [-0.05, 0) is 54.7 Å². The van der Waals surface area contributed by atoms with Gasteiger partial charge in [0.25, 0.3) is 0 Å². The standard InChI is InChI=1S/C29H34O5/c1-6-8-9-10-21-11-14-24(20(3)15-21)25-16-22-12-13-23(17-26(22)34-28(25)31)32-18-29(4,5)19-33-27(30)7-2/h7,11-17H,2,6,8-10,18-19H2,1,3-5H3. The molecule has 5 nitrogen and oxygen atoms in total. The molecule has 0 atom stereocenters. The molecule has 1 heterocycles. The third kappa shape index (κ3) is 6.60. The quantitative estimate of drug-likeness (QED) is 0.138. The van der Waals surface area contributed by atoms with Crippen LogP contribution in [0.3, 0.4) is 0 Å². The maximum absolute atomic E-state index is 12.8. The maximum Gasteiger partial charge on any atom is 0.344 e. The highest BCUT2D eigenvalue weighted by Crippen LogP contribution is 2.28. The average molecular weight is 463 g/mol. The third-order valence-electron chi connectivity index (χ3n) is 5.76. The van der Waals surface area contributed by atoms with Crippen LogP contribution in [0.5, 0.6) is 5.75 Å². The van der Waals surface area contributed by atoms with E-state index in [9.17, 15) is 9.59 Å². The van der Waals surface area contributed by atoms with E-state index in [-0.39, 0.29) is 12.2 Å². The smallest absolute Gasteiger partial charge is 0.344 e. The lowest BCUT2D eigenvalue weighted by Crippen LogP contribution is -2.28. The molecule has 0 fully saturated rings. The normalized spacial score (nSPS) is 11.4. The van der Waals surface area contributed by atoms with Crippen LogP contribution in [-0.4, -0.2) is 19.2 Å². The first kappa shape index (κ1) is 25.3. The first-order valence-corrected chi connectivity index (χ1v) is 11.8. The van der Waals surface area contributed by atoms with Crippen LogP contribution in [0.2, 0.25) is 0 Å². The fourth-order valence-electron chi connectivity index (χ4n) is 3.78. The summed E-state index contributed by atoms with van der Waals surface area (Å²) in [6.07, 6.45) is 5.79. The highest BCUT2D eigenvalue weighted by atomic mass is 16.5. The molecule has 3 rings (SSSR count). The zero-order valence-electron chi connectivity index (χ0n) is 20.6. The van der Waals surface area contributed by atoms with Crippen LogP contribution in [0.4, 0.5) is 0 Å². The highest BCUT2D eigenvalue weighted by Gasteiger charge is 2.21. The average Bonchev–Trinajstić information content (AvgIpc) is 2.81. The van der Waals surface area contributed by atoms with Crippen molar-refractivity contribution in [2.75, 3.05) is 13.2 Å². The van der Waals surface area contributed by atoms with Crippen molar-refractivity contribution in [3.63, 3.8) is 0 Å². The monoisotopic (exact) mass is 462 g/mol. The third-order valence-corrected chi connectivity index (χ3v) is 5.76. The molecule has 0 bridgehead atoms. The molecule has 0 spiro atoms. The molecule has 0 aliphatic rings. The van der Waals surface area contributed by atoms with Crippen LogP contribution in [-0.2, 0) is 16.0 Å². The van der Waals surface area contributed by atoms with Crippen LogP contribution in [0.1, 0.15) is 51.2 Å². The van der Waals surface area contributed by atoms with Crippen LogP contribution >= 0.6 is 0 Å². The van der Waals surface area contributed by atoms with E-state index in [0.29, 0.717) is 23.5 Å². The lowest BCUT2D eigenvalue weighted by Gasteiger charge is -2.24. The number of carbonyl (C=O) groups is 1. The number of fused-ring (bicyclic) bond motifs is 1. The Hall–Kier alpha value is -3.34. The summed E-state index contributed by atoms with van der Waals surface area (Å²) in [7, 11) is 0. The maximum atomic E-state index is 12.8. The second-order valence-corrected chi connectivity index (χ2v) is 9.52. The summed E-state index contributed by atoms with van der Waals surface area (Å²) in [5.74, 6) is 0.122. The Morgan fingerprint density at radius 1 is 1.06 bits per heavy atom. The van der Waals surface area contributed by atoms with E-state index < -0.39 is 11.4 Å². The van der Waals surface area contributed by atoms with Crippen molar-refractivity contribution < 1.29 is 18.7 Å². The van der Waals surface area contributed by atoms with Crippen molar-refractivity contribution in [1.29, 1.82) is 0 Å². The molecule has 5 heteroatoms. The summed E-state index contributed by atoms with van der Waals surface area (Å²) in [5, 5.41) is 0.826. The van der Waals surface area contributed by atoms with Crippen molar-refractivity contribution in [3.8, 4) is 16.9 Å². The second-order valence-electron chi connectivity index (χ2n) is 9.52. The number of carbonyl (C=O) groups excluding carboxylic acids is 1. The molecular formula is C29H34O5. The summed E-state index contributed by atoms with van der Waals surface area (Å²) in [5.41, 5.74) is 3.52. The molecule has 0 radical (unpaired) electrons. The van der Waals surface area contributed by atoms with E-state index in [1.54, 1.807) is 6.07 Å². The number of rotatable bonds is 11. The molecule has 0 aliphatic heterocycles. The molecule has 0 saturated carbocycles. The highest BCUT2D eigenvalue weighted by molar-refractivity contribution is 5.83. The fraction of sp³-hybridized carbons (Fsp3) is 0.379. The van der Waals surface area contributed by atoms with Gasteiger partial charge < -0.3 is 13.9 Å². The van der Waals surface area contributed by atoms with E-state index in [1.165, 1.54) is 24.8 Å². The van der Waals surface area contributed by atoms with Gasteiger partial charge >= 0.3 is 11.6 Å². The van der Waals surface area contributed by atoms with Crippen molar-refractivity contribution in [2.24, 2.45) is 5.41 Å². The summed E-state index contributed by atoms with van der Waals surface area (Å²) in [4.78, 5) is 24.1. The largest absolute Gasteiger partial charge is 0.493 e. The van der Waals surface area contributed by atoms with Crippen LogP contribution in [0.25, 0.3) is 22.1 Å². The minimum atomic E-state index is -0.460. The molecule has 1 aromatic heterocycles. The second kappa shape index (κ2) is 11.2. The molecule has 0 aliphatic carbocycles. The Morgan fingerprint density at radius 3 is 2.56 bits per heavy atom. The molecule has 34 heavy (non-hydrogen) atoms. The van der Waals surface area contributed by atoms with E-state index >= 15 is 0 Å². The Kier molecular flexibility index (Phi) is 8.32. The molecule has 0 amide bonds. The number of hydrogen-bond donors (Lipinski definition) is 0. The van der Waals surface area contributed by atoms with Gasteiger partial charge in [0.15, 0.2) is 0 Å². The number of aryl methyl sites for hydroxylation is 2. The van der Waals surface area contributed by atoms with Gasteiger partial charge in [-0.1, -0.05) is 58.4 Å². The molecule has 0 saturated heterocycles. The van der Waals surface area contributed by atoms with Gasteiger partial charge in [-0.2, -0.15) is 0 Å². The molecule has 0 unspecified atom stereocenters. The van der Waals surface area contributed by atoms with Gasteiger partial charge in [-0.3, -0.25) is 0 Å². The van der Waals surface area contributed by atoms with Crippen LogP contribution in [0, 0.1) is 12.3 Å². The predicted molar refractivity (Wildman–Crippen MR) is 136 cm³/mol. The first-order chi connectivity index (χ1) is 16.2. The SMILES string of the molecule is C=CC(=O)OCC(C)(C)COc1ccc2cc(-c3ccc(CCCCC)cc3C)c(=O)oc2c1. The Balaban J connectivity index is 1.76. The van der Waals surface area contributed by atoms with E-state index in [4.69, 9.17) is 13.9 Å². The van der Waals surface area contributed by atoms with Crippen molar-refractivity contribution >= 4 is 16.9 Å². The first-order valence-electron chi connectivity index (χ1n) is 11.8. The van der Waals surface area contributed by atoms with Crippen molar-refractivity contribution in [3.05, 3.63) is 76.7 Å². The van der Waals surface area contributed by atoms with Gasteiger partial charge in [0.05, 0.1) is 18.8 Å².